The van der Waals surface area contributed by atoms with Crippen molar-refractivity contribution in [3.8, 4) is 0 Å². The second-order valence-electron chi connectivity index (χ2n) is 4.72. The number of fused-ring (bicyclic) bond motifs is 1. The van der Waals surface area contributed by atoms with Crippen molar-refractivity contribution in [2.24, 2.45) is 0 Å². The van der Waals surface area contributed by atoms with Crippen molar-refractivity contribution < 1.29 is 4.79 Å². The maximum atomic E-state index is 12.5. The Morgan fingerprint density at radius 2 is 2.00 bits per heavy atom. The van der Waals surface area contributed by atoms with Crippen LogP contribution in [0.1, 0.15) is 29.0 Å². The van der Waals surface area contributed by atoms with Crippen LogP contribution in [0.4, 0.5) is 5.69 Å². The predicted molar refractivity (Wildman–Crippen MR) is 69.8 cm³/mol. The van der Waals surface area contributed by atoms with Crippen LogP contribution in [0.5, 0.6) is 0 Å². The molecule has 4 heteroatoms. The fraction of sp³-hybridized carbons (Fsp3) is 0.286. The summed E-state index contributed by atoms with van der Waals surface area (Å²) in [6.45, 7) is 4.67. The van der Waals surface area contributed by atoms with Crippen molar-refractivity contribution in [2.75, 3.05) is 11.4 Å². The van der Waals surface area contributed by atoms with Crippen LogP contribution in [0, 0.1) is 6.92 Å². The number of carbonyl (C=O) groups is 1. The van der Waals surface area contributed by atoms with Crippen LogP contribution in [-0.2, 0) is 0 Å². The Labute approximate surface area is 106 Å². The minimum Gasteiger partial charge on any atom is -0.305 e. The van der Waals surface area contributed by atoms with Crippen LogP contribution in [0.3, 0.4) is 0 Å². The molecule has 0 saturated carbocycles. The number of carbonyl (C=O) groups excluding carboxylic acids is 1. The molecule has 2 aromatic rings. The van der Waals surface area contributed by atoms with Gasteiger partial charge in [-0.2, -0.15) is 5.10 Å². The highest BCUT2D eigenvalue weighted by Gasteiger charge is 2.31. The molecule has 2 heterocycles. The Morgan fingerprint density at radius 3 is 2.72 bits per heavy atom. The van der Waals surface area contributed by atoms with E-state index >= 15 is 0 Å². The highest BCUT2D eigenvalue weighted by atomic mass is 16.2. The average molecular weight is 241 g/mol. The standard InChI is InChI=1S/C14H15N3O/c1-10-8-15-17-11(2)9-16(14(18)13(10)17)12-6-4-3-5-7-12/h3-8,11H,9H2,1-2H3. The monoisotopic (exact) mass is 241 g/mol. The number of anilines is 1. The summed E-state index contributed by atoms with van der Waals surface area (Å²) in [5.41, 5.74) is 2.59. The minimum atomic E-state index is 0.0364. The van der Waals surface area contributed by atoms with Crippen LogP contribution in [-0.4, -0.2) is 22.2 Å². The van der Waals surface area contributed by atoms with Crippen LogP contribution in [0.15, 0.2) is 36.5 Å². The van der Waals surface area contributed by atoms with E-state index in [4.69, 9.17) is 0 Å². The van der Waals surface area contributed by atoms with E-state index in [9.17, 15) is 4.79 Å². The van der Waals surface area contributed by atoms with Gasteiger partial charge in [0.05, 0.1) is 12.2 Å². The molecule has 1 aliphatic rings. The van der Waals surface area contributed by atoms with Gasteiger partial charge in [-0.3, -0.25) is 9.48 Å². The van der Waals surface area contributed by atoms with E-state index in [-0.39, 0.29) is 11.9 Å². The Bertz CT molecular complexity index is 588. The first-order chi connectivity index (χ1) is 8.68. The molecule has 1 amide bonds. The largest absolute Gasteiger partial charge is 0.305 e. The molecule has 18 heavy (non-hydrogen) atoms. The molecule has 92 valence electrons. The second-order valence-corrected chi connectivity index (χ2v) is 4.72. The summed E-state index contributed by atoms with van der Waals surface area (Å²) in [6, 6.07) is 9.99. The number of hydrogen-bond acceptors (Lipinski definition) is 2. The second kappa shape index (κ2) is 3.98. The Kier molecular flexibility index (Phi) is 2.44. The van der Waals surface area contributed by atoms with Crippen LogP contribution < -0.4 is 4.90 Å². The van der Waals surface area contributed by atoms with Gasteiger partial charge in [-0.15, -0.1) is 0 Å². The van der Waals surface area contributed by atoms with Gasteiger partial charge in [0.15, 0.2) is 0 Å². The predicted octanol–water partition coefficient (Wildman–Crippen LogP) is 2.41. The van der Waals surface area contributed by atoms with Gasteiger partial charge < -0.3 is 4.90 Å². The third kappa shape index (κ3) is 1.53. The first-order valence-electron chi connectivity index (χ1n) is 6.09. The molecule has 0 aliphatic carbocycles. The summed E-state index contributed by atoms with van der Waals surface area (Å²) in [4.78, 5) is 14.3. The fourth-order valence-electron chi connectivity index (χ4n) is 2.43. The van der Waals surface area contributed by atoms with Crippen LogP contribution in [0.25, 0.3) is 0 Å². The quantitative estimate of drug-likeness (QED) is 0.769. The van der Waals surface area contributed by atoms with Gasteiger partial charge in [-0.05, 0) is 26.0 Å². The zero-order valence-electron chi connectivity index (χ0n) is 10.5. The van der Waals surface area contributed by atoms with Gasteiger partial charge >= 0.3 is 0 Å². The summed E-state index contributed by atoms with van der Waals surface area (Å²) in [6.07, 6.45) is 1.76. The first kappa shape index (κ1) is 11.0. The number of rotatable bonds is 1. The van der Waals surface area contributed by atoms with Crippen molar-refractivity contribution in [1.82, 2.24) is 9.78 Å². The third-order valence-electron chi connectivity index (χ3n) is 3.36. The average Bonchev–Trinajstić information content (AvgIpc) is 2.78. The van der Waals surface area contributed by atoms with Crippen LogP contribution >= 0.6 is 0 Å². The highest BCUT2D eigenvalue weighted by molar-refractivity contribution is 6.06. The van der Waals surface area contributed by atoms with Crippen molar-refractivity contribution in [3.05, 3.63) is 47.8 Å². The van der Waals surface area contributed by atoms with Gasteiger partial charge in [0, 0.05) is 17.8 Å². The van der Waals surface area contributed by atoms with Gasteiger partial charge in [-0.25, -0.2) is 0 Å². The van der Waals surface area contributed by atoms with E-state index < -0.39 is 0 Å². The zero-order chi connectivity index (χ0) is 12.7. The lowest BCUT2D eigenvalue weighted by molar-refractivity contribution is 0.0952. The molecule has 0 saturated heterocycles. The van der Waals surface area contributed by atoms with E-state index in [0.717, 1.165) is 11.3 Å². The molecular weight excluding hydrogens is 226 g/mol. The number of benzene rings is 1. The highest BCUT2D eigenvalue weighted by Crippen LogP contribution is 2.26. The zero-order valence-corrected chi connectivity index (χ0v) is 10.5. The normalized spacial score (nSPS) is 18.9. The van der Waals surface area contributed by atoms with E-state index in [1.165, 1.54) is 0 Å². The number of aromatic nitrogens is 2. The van der Waals surface area contributed by atoms with E-state index in [1.54, 1.807) is 6.20 Å². The Balaban J connectivity index is 2.07. The number of amides is 1. The molecule has 1 aromatic carbocycles. The van der Waals surface area contributed by atoms with Crippen molar-refractivity contribution >= 4 is 11.6 Å². The van der Waals surface area contributed by atoms with Crippen LogP contribution in [0.2, 0.25) is 0 Å². The minimum absolute atomic E-state index is 0.0364. The molecule has 0 N–H and O–H groups in total. The molecule has 1 aliphatic heterocycles. The van der Waals surface area contributed by atoms with Gasteiger partial charge in [-0.1, -0.05) is 18.2 Å². The maximum Gasteiger partial charge on any atom is 0.276 e. The van der Waals surface area contributed by atoms with Crippen molar-refractivity contribution in [3.63, 3.8) is 0 Å². The molecule has 0 bridgehead atoms. The topological polar surface area (TPSA) is 38.1 Å². The summed E-state index contributed by atoms with van der Waals surface area (Å²) in [5, 5.41) is 4.29. The molecule has 1 unspecified atom stereocenters. The van der Waals surface area contributed by atoms with E-state index in [0.29, 0.717) is 12.2 Å². The SMILES string of the molecule is Cc1cnn2c1C(=O)N(c1ccccc1)CC2C. The first-order valence-corrected chi connectivity index (χ1v) is 6.09. The molecule has 0 radical (unpaired) electrons. The van der Waals surface area contributed by atoms with Crippen molar-refractivity contribution in [2.45, 2.75) is 19.9 Å². The van der Waals surface area contributed by atoms with Gasteiger partial charge in [0.1, 0.15) is 5.69 Å². The van der Waals surface area contributed by atoms with E-state index in [1.807, 2.05) is 46.8 Å². The maximum absolute atomic E-state index is 12.5. The lowest BCUT2D eigenvalue weighted by atomic mass is 10.1. The summed E-state index contributed by atoms with van der Waals surface area (Å²) < 4.78 is 1.83. The summed E-state index contributed by atoms with van der Waals surface area (Å²) in [5.74, 6) is 0.0364. The number of para-hydroxylation sites is 1. The van der Waals surface area contributed by atoms with Gasteiger partial charge in [0.25, 0.3) is 5.91 Å². The van der Waals surface area contributed by atoms with E-state index in [2.05, 4.69) is 12.0 Å². The van der Waals surface area contributed by atoms with Gasteiger partial charge in [0.2, 0.25) is 0 Å². The van der Waals surface area contributed by atoms with Crippen molar-refractivity contribution in [1.29, 1.82) is 0 Å². The molecule has 1 aromatic heterocycles. The fourth-order valence-corrected chi connectivity index (χ4v) is 2.43. The molecular formula is C14H15N3O. The molecule has 0 fully saturated rings. The molecule has 1 atom stereocenters. The summed E-state index contributed by atoms with van der Waals surface area (Å²) >= 11 is 0. The third-order valence-corrected chi connectivity index (χ3v) is 3.36. The Morgan fingerprint density at radius 1 is 1.28 bits per heavy atom. The lowest BCUT2D eigenvalue weighted by Crippen LogP contribution is -2.42. The number of nitrogens with zero attached hydrogens (tertiary/aromatic N) is 3. The summed E-state index contributed by atoms with van der Waals surface area (Å²) in [7, 11) is 0. The lowest BCUT2D eigenvalue weighted by Gasteiger charge is -2.32. The Hall–Kier alpha value is -2.10. The number of hydrogen-bond donors (Lipinski definition) is 0. The number of aryl methyl sites for hydroxylation is 1. The molecule has 3 rings (SSSR count). The molecule has 0 spiro atoms. The smallest absolute Gasteiger partial charge is 0.276 e. The molecule has 4 nitrogen and oxygen atoms in total.